The van der Waals surface area contributed by atoms with Crippen LogP contribution in [0.4, 0.5) is 0 Å². The molecule has 21 heavy (non-hydrogen) atoms. The van der Waals surface area contributed by atoms with Gasteiger partial charge in [-0.05, 0) is 51.8 Å². The van der Waals surface area contributed by atoms with Crippen molar-refractivity contribution in [3.8, 4) is 11.5 Å². The van der Waals surface area contributed by atoms with Crippen molar-refractivity contribution in [3.05, 3.63) is 41.7 Å². The molecule has 114 valence electrons. The highest BCUT2D eigenvalue weighted by Crippen LogP contribution is 2.25. The number of hydrogen-bond acceptors (Lipinski definition) is 3. The topological polar surface area (TPSA) is 39.1 Å². The van der Waals surface area contributed by atoms with Gasteiger partial charge in [0.05, 0.1) is 12.4 Å². The molecular formula is C17H25N3O. The fraction of sp³-hybridized carbons (Fsp3) is 0.471. The first-order chi connectivity index (χ1) is 9.87. The second kappa shape index (κ2) is 6.31. The molecule has 0 saturated carbocycles. The predicted molar refractivity (Wildman–Crippen MR) is 85.7 cm³/mol. The highest BCUT2D eigenvalue weighted by molar-refractivity contribution is 5.38. The van der Waals surface area contributed by atoms with Crippen LogP contribution in [0.15, 0.2) is 30.6 Å². The molecule has 0 aliphatic heterocycles. The van der Waals surface area contributed by atoms with Crippen LogP contribution in [-0.2, 0) is 13.1 Å². The van der Waals surface area contributed by atoms with Crippen molar-refractivity contribution in [2.24, 2.45) is 0 Å². The van der Waals surface area contributed by atoms with Gasteiger partial charge in [0.2, 0.25) is 0 Å². The smallest absolute Gasteiger partial charge is 0.165 e. The summed E-state index contributed by atoms with van der Waals surface area (Å²) in [6.07, 6.45) is 3.66. The maximum atomic E-state index is 5.89. The molecule has 0 spiro atoms. The average molecular weight is 287 g/mol. The van der Waals surface area contributed by atoms with Crippen LogP contribution in [0.1, 0.15) is 38.8 Å². The molecule has 0 aliphatic carbocycles. The Balaban J connectivity index is 2.05. The third-order valence-electron chi connectivity index (χ3n) is 3.22. The second-order valence-electron chi connectivity index (χ2n) is 6.34. The zero-order valence-electron chi connectivity index (χ0n) is 13.6. The van der Waals surface area contributed by atoms with Crippen molar-refractivity contribution in [1.82, 2.24) is 15.1 Å². The number of benzene rings is 1. The lowest BCUT2D eigenvalue weighted by atomic mass is 10.1. The molecule has 1 aromatic carbocycles. The quantitative estimate of drug-likeness (QED) is 0.906. The first kappa shape index (κ1) is 15.6. The van der Waals surface area contributed by atoms with Gasteiger partial charge in [-0.3, -0.25) is 4.68 Å². The van der Waals surface area contributed by atoms with Crippen LogP contribution in [0.2, 0.25) is 0 Å². The van der Waals surface area contributed by atoms with Crippen LogP contribution in [0.5, 0.6) is 11.5 Å². The van der Waals surface area contributed by atoms with Crippen molar-refractivity contribution in [2.75, 3.05) is 0 Å². The van der Waals surface area contributed by atoms with E-state index in [1.165, 1.54) is 5.56 Å². The third kappa shape index (κ3) is 4.60. The summed E-state index contributed by atoms with van der Waals surface area (Å²) in [6, 6.07) is 6.29. The summed E-state index contributed by atoms with van der Waals surface area (Å²) in [5.74, 6) is 1.66. The highest BCUT2D eigenvalue weighted by Gasteiger charge is 2.09. The van der Waals surface area contributed by atoms with E-state index in [0.717, 1.165) is 30.2 Å². The van der Waals surface area contributed by atoms with Gasteiger partial charge in [-0.1, -0.05) is 12.1 Å². The maximum Gasteiger partial charge on any atom is 0.165 e. The Morgan fingerprint density at radius 2 is 2.05 bits per heavy atom. The van der Waals surface area contributed by atoms with E-state index in [4.69, 9.17) is 4.74 Å². The normalized spacial score (nSPS) is 11.7. The van der Waals surface area contributed by atoms with Crippen molar-refractivity contribution < 1.29 is 4.74 Å². The van der Waals surface area contributed by atoms with Gasteiger partial charge in [0.25, 0.3) is 0 Å². The SMILES string of the molecule is CCn1cc(Oc2ccc(CNC(C)(C)C)cc2C)cn1. The monoisotopic (exact) mass is 287 g/mol. The minimum absolute atomic E-state index is 0.123. The van der Waals surface area contributed by atoms with Crippen molar-refractivity contribution in [3.63, 3.8) is 0 Å². The number of ether oxygens (including phenoxy) is 1. The summed E-state index contributed by atoms with van der Waals surface area (Å²) in [7, 11) is 0. The van der Waals surface area contributed by atoms with Crippen LogP contribution in [-0.4, -0.2) is 15.3 Å². The molecule has 0 bridgehead atoms. The van der Waals surface area contributed by atoms with E-state index in [1.54, 1.807) is 6.20 Å². The van der Waals surface area contributed by atoms with Gasteiger partial charge < -0.3 is 10.1 Å². The average Bonchev–Trinajstić information content (AvgIpc) is 2.86. The van der Waals surface area contributed by atoms with Gasteiger partial charge in [0.15, 0.2) is 5.75 Å². The molecule has 4 heteroatoms. The van der Waals surface area contributed by atoms with E-state index in [0.29, 0.717) is 0 Å². The van der Waals surface area contributed by atoms with Crippen molar-refractivity contribution in [1.29, 1.82) is 0 Å². The zero-order chi connectivity index (χ0) is 15.5. The van der Waals surface area contributed by atoms with E-state index >= 15 is 0 Å². The Morgan fingerprint density at radius 1 is 1.29 bits per heavy atom. The molecule has 0 saturated heterocycles. The Hall–Kier alpha value is -1.81. The largest absolute Gasteiger partial charge is 0.454 e. The molecule has 0 radical (unpaired) electrons. The molecule has 1 N–H and O–H groups in total. The number of aromatic nitrogens is 2. The molecule has 0 atom stereocenters. The van der Waals surface area contributed by atoms with Crippen LogP contribution in [0, 0.1) is 6.92 Å². The molecule has 1 heterocycles. The Kier molecular flexibility index (Phi) is 4.68. The van der Waals surface area contributed by atoms with E-state index in [1.807, 2.05) is 16.9 Å². The number of nitrogens with one attached hydrogen (secondary N) is 1. The Morgan fingerprint density at radius 3 is 2.62 bits per heavy atom. The van der Waals surface area contributed by atoms with E-state index in [2.05, 4.69) is 57.2 Å². The second-order valence-corrected chi connectivity index (χ2v) is 6.34. The van der Waals surface area contributed by atoms with Gasteiger partial charge >= 0.3 is 0 Å². The van der Waals surface area contributed by atoms with E-state index in [-0.39, 0.29) is 5.54 Å². The fourth-order valence-corrected chi connectivity index (χ4v) is 2.00. The van der Waals surface area contributed by atoms with Gasteiger partial charge in [-0.25, -0.2) is 0 Å². The minimum Gasteiger partial charge on any atom is -0.454 e. The Bertz CT molecular complexity index is 596. The summed E-state index contributed by atoms with van der Waals surface area (Å²) in [5.41, 5.74) is 2.52. The van der Waals surface area contributed by atoms with Crippen molar-refractivity contribution >= 4 is 0 Å². The van der Waals surface area contributed by atoms with Crippen molar-refractivity contribution in [2.45, 2.75) is 53.2 Å². The fourth-order valence-electron chi connectivity index (χ4n) is 2.00. The maximum absolute atomic E-state index is 5.89. The van der Waals surface area contributed by atoms with Crippen LogP contribution < -0.4 is 10.1 Å². The van der Waals surface area contributed by atoms with Crippen LogP contribution >= 0.6 is 0 Å². The molecule has 2 rings (SSSR count). The summed E-state index contributed by atoms with van der Waals surface area (Å²) >= 11 is 0. The Labute approximate surface area is 127 Å². The molecule has 1 aromatic heterocycles. The molecule has 4 nitrogen and oxygen atoms in total. The minimum atomic E-state index is 0.123. The lowest BCUT2D eigenvalue weighted by Crippen LogP contribution is -2.35. The van der Waals surface area contributed by atoms with Gasteiger partial charge in [0.1, 0.15) is 5.75 Å². The lowest BCUT2D eigenvalue weighted by Gasteiger charge is -2.21. The summed E-state index contributed by atoms with van der Waals surface area (Å²) < 4.78 is 7.74. The molecule has 0 amide bonds. The van der Waals surface area contributed by atoms with E-state index in [9.17, 15) is 0 Å². The third-order valence-corrected chi connectivity index (χ3v) is 3.22. The van der Waals surface area contributed by atoms with E-state index < -0.39 is 0 Å². The summed E-state index contributed by atoms with van der Waals surface area (Å²) in [4.78, 5) is 0. The molecule has 0 fully saturated rings. The van der Waals surface area contributed by atoms with Gasteiger partial charge in [-0.2, -0.15) is 5.10 Å². The predicted octanol–water partition coefficient (Wildman–Crippen LogP) is 3.89. The molecule has 0 unspecified atom stereocenters. The van der Waals surface area contributed by atoms with Crippen LogP contribution in [0.25, 0.3) is 0 Å². The molecule has 0 aliphatic rings. The standard InChI is InChI=1S/C17H25N3O/c1-6-20-12-15(11-19-20)21-16-8-7-14(9-13(16)2)10-18-17(3,4)5/h7-9,11-12,18H,6,10H2,1-5H3. The lowest BCUT2D eigenvalue weighted by molar-refractivity contribution is 0.424. The number of hydrogen-bond donors (Lipinski definition) is 1. The number of rotatable bonds is 5. The first-order valence-electron chi connectivity index (χ1n) is 7.42. The van der Waals surface area contributed by atoms with Gasteiger partial charge in [0, 0.05) is 18.6 Å². The molecule has 2 aromatic rings. The number of nitrogens with zero attached hydrogens (tertiary/aromatic N) is 2. The summed E-state index contributed by atoms with van der Waals surface area (Å²) in [5, 5.41) is 7.71. The molecular weight excluding hydrogens is 262 g/mol. The van der Waals surface area contributed by atoms with Crippen LogP contribution in [0.3, 0.4) is 0 Å². The van der Waals surface area contributed by atoms with Gasteiger partial charge in [-0.15, -0.1) is 0 Å². The highest BCUT2D eigenvalue weighted by atomic mass is 16.5. The summed E-state index contributed by atoms with van der Waals surface area (Å²) in [6.45, 7) is 12.3. The first-order valence-corrected chi connectivity index (χ1v) is 7.42. The number of aryl methyl sites for hydroxylation is 2. The zero-order valence-corrected chi connectivity index (χ0v) is 13.6.